The van der Waals surface area contributed by atoms with E-state index in [1.807, 2.05) is 61.5 Å². The van der Waals surface area contributed by atoms with E-state index < -0.39 is 0 Å². The van der Waals surface area contributed by atoms with Crippen molar-refractivity contribution in [1.82, 2.24) is 5.32 Å². The molecule has 0 atom stereocenters. The zero-order chi connectivity index (χ0) is 25.3. The zero-order valence-electron chi connectivity index (χ0n) is 20.0. The van der Waals surface area contributed by atoms with E-state index in [0.29, 0.717) is 29.0 Å². The molecule has 6 nitrogen and oxygen atoms in total. The molecular formula is C30H27N3O3. The Bertz CT molecular complexity index is 1350. The third-order valence-electron chi connectivity index (χ3n) is 5.63. The molecule has 4 rings (SSSR count). The minimum atomic E-state index is -0.351. The molecule has 0 aliphatic rings. The summed E-state index contributed by atoms with van der Waals surface area (Å²) in [4.78, 5) is 37.9. The van der Waals surface area contributed by atoms with Crippen LogP contribution >= 0.6 is 0 Å². The van der Waals surface area contributed by atoms with Crippen molar-refractivity contribution in [2.45, 2.75) is 19.9 Å². The standard InChI is InChI=1S/C30H27N3O3/c1-21-11-13-23(14-12-21)20-31-30(36)26-9-5-6-10-27(26)33-29(35)24-15-17-25(18-16-24)32-28(34)19-22-7-3-2-4-8-22/h2-18H,19-20H2,1H3,(H,31,36)(H,32,34)(H,33,35). The molecule has 0 spiro atoms. The number of carbonyl (C=O) groups is 3. The summed E-state index contributed by atoms with van der Waals surface area (Å²) in [5, 5.41) is 8.56. The van der Waals surface area contributed by atoms with Crippen LogP contribution < -0.4 is 16.0 Å². The number of aryl methyl sites for hydroxylation is 1. The fraction of sp³-hybridized carbons (Fsp3) is 0.100. The van der Waals surface area contributed by atoms with E-state index in [1.165, 1.54) is 0 Å². The van der Waals surface area contributed by atoms with Gasteiger partial charge in [0.15, 0.2) is 0 Å². The van der Waals surface area contributed by atoms with Crippen molar-refractivity contribution >= 4 is 29.1 Å². The van der Waals surface area contributed by atoms with Crippen LogP contribution in [0.25, 0.3) is 0 Å². The number of amides is 3. The maximum Gasteiger partial charge on any atom is 0.255 e. The van der Waals surface area contributed by atoms with Crippen molar-refractivity contribution in [3.8, 4) is 0 Å². The van der Waals surface area contributed by atoms with Crippen LogP contribution in [0.4, 0.5) is 11.4 Å². The summed E-state index contributed by atoms with van der Waals surface area (Å²) in [6.45, 7) is 2.40. The highest BCUT2D eigenvalue weighted by atomic mass is 16.2. The van der Waals surface area contributed by atoms with Gasteiger partial charge in [-0.2, -0.15) is 0 Å². The van der Waals surface area contributed by atoms with Crippen LogP contribution in [0.5, 0.6) is 0 Å². The van der Waals surface area contributed by atoms with Crippen LogP contribution in [0.1, 0.15) is 37.4 Å². The van der Waals surface area contributed by atoms with E-state index in [2.05, 4.69) is 16.0 Å². The molecule has 6 heteroatoms. The van der Waals surface area contributed by atoms with E-state index in [1.54, 1.807) is 48.5 Å². The SMILES string of the molecule is Cc1ccc(CNC(=O)c2ccccc2NC(=O)c2ccc(NC(=O)Cc3ccccc3)cc2)cc1. The van der Waals surface area contributed by atoms with Gasteiger partial charge < -0.3 is 16.0 Å². The predicted octanol–water partition coefficient (Wildman–Crippen LogP) is 5.36. The van der Waals surface area contributed by atoms with Gasteiger partial charge in [0.1, 0.15) is 0 Å². The Morgan fingerprint density at radius 2 is 1.31 bits per heavy atom. The molecule has 0 saturated carbocycles. The average molecular weight is 478 g/mol. The summed E-state index contributed by atoms with van der Waals surface area (Å²) in [7, 11) is 0. The number of hydrogen-bond donors (Lipinski definition) is 3. The van der Waals surface area contributed by atoms with Crippen molar-refractivity contribution in [3.05, 3.63) is 131 Å². The fourth-order valence-electron chi connectivity index (χ4n) is 3.66. The van der Waals surface area contributed by atoms with Gasteiger partial charge in [0.05, 0.1) is 17.7 Å². The molecule has 3 amide bonds. The Balaban J connectivity index is 1.36. The van der Waals surface area contributed by atoms with Crippen LogP contribution in [0.2, 0.25) is 0 Å². The molecule has 0 heterocycles. The Morgan fingerprint density at radius 3 is 2.03 bits per heavy atom. The summed E-state index contributed by atoms with van der Waals surface area (Å²) in [6, 6.07) is 30.9. The fourth-order valence-corrected chi connectivity index (χ4v) is 3.66. The van der Waals surface area contributed by atoms with Gasteiger partial charge in [0, 0.05) is 17.8 Å². The summed E-state index contributed by atoms with van der Waals surface area (Å²) in [5.41, 5.74) is 4.88. The number of carbonyl (C=O) groups excluding carboxylic acids is 3. The molecule has 36 heavy (non-hydrogen) atoms. The van der Waals surface area contributed by atoms with Crippen molar-refractivity contribution < 1.29 is 14.4 Å². The van der Waals surface area contributed by atoms with Gasteiger partial charge in [0.25, 0.3) is 11.8 Å². The van der Waals surface area contributed by atoms with Crippen molar-refractivity contribution in [2.24, 2.45) is 0 Å². The van der Waals surface area contributed by atoms with Gasteiger partial charge in [0.2, 0.25) is 5.91 Å². The number of rotatable bonds is 8. The monoisotopic (exact) mass is 477 g/mol. The smallest absolute Gasteiger partial charge is 0.255 e. The van der Waals surface area contributed by atoms with Crippen LogP contribution in [0, 0.1) is 6.92 Å². The number of nitrogens with one attached hydrogen (secondary N) is 3. The largest absolute Gasteiger partial charge is 0.348 e. The summed E-state index contributed by atoms with van der Waals surface area (Å²) < 4.78 is 0. The van der Waals surface area contributed by atoms with Crippen LogP contribution in [-0.4, -0.2) is 17.7 Å². The molecule has 0 fully saturated rings. The number of anilines is 2. The highest BCUT2D eigenvalue weighted by Crippen LogP contribution is 2.18. The molecule has 180 valence electrons. The molecule has 0 radical (unpaired) electrons. The van der Waals surface area contributed by atoms with Crippen LogP contribution in [-0.2, 0) is 17.8 Å². The van der Waals surface area contributed by atoms with Gasteiger partial charge in [-0.3, -0.25) is 14.4 Å². The maximum absolute atomic E-state index is 12.8. The predicted molar refractivity (Wildman–Crippen MR) is 142 cm³/mol. The van der Waals surface area contributed by atoms with Gasteiger partial charge in [-0.15, -0.1) is 0 Å². The van der Waals surface area contributed by atoms with Gasteiger partial charge >= 0.3 is 0 Å². The Kier molecular flexibility index (Phi) is 7.88. The van der Waals surface area contributed by atoms with Crippen LogP contribution in [0.3, 0.4) is 0 Å². The quantitative estimate of drug-likeness (QED) is 0.319. The molecule has 0 saturated heterocycles. The minimum absolute atomic E-state index is 0.135. The summed E-state index contributed by atoms with van der Waals surface area (Å²) >= 11 is 0. The number of para-hydroxylation sites is 1. The molecule has 0 aliphatic heterocycles. The highest BCUT2D eigenvalue weighted by molar-refractivity contribution is 6.09. The second-order valence-electron chi connectivity index (χ2n) is 8.46. The maximum atomic E-state index is 12.8. The molecule has 4 aromatic rings. The molecule has 0 bridgehead atoms. The summed E-state index contributed by atoms with van der Waals surface area (Å²) in [5.74, 6) is -0.761. The van der Waals surface area contributed by atoms with E-state index >= 15 is 0 Å². The van der Waals surface area contributed by atoms with E-state index in [-0.39, 0.29) is 24.1 Å². The van der Waals surface area contributed by atoms with E-state index in [9.17, 15) is 14.4 Å². The van der Waals surface area contributed by atoms with Crippen molar-refractivity contribution in [1.29, 1.82) is 0 Å². The first-order valence-electron chi connectivity index (χ1n) is 11.7. The first-order valence-corrected chi connectivity index (χ1v) is 11.7. The van der Waals surface area contributed by atoms with Gasteiger partial charge in [-0.25, -0.2) is 0 Å². The third-order valence-corrected chi connectivity index (χ3v) is 5.63. The molecule has 0 aromatic heterocycles. The Labute approximate surface area is 210 Å². The molecule has 4 aromatic carbocycles. The Hall–Kier alpha value is -4.71. The zero-order valence-corrected chi connectivity index (χ0v) is 20.0. The molecular weight excluding hydrogens is 450 g/mol. The van der Waals surface area contributed by atoms with Gasteiger partial charge in [-0.05, 0) is 54.4 Å². The molecule has 3 N–H and O–H groups in total. The number of benzene rings is 4. The lowest BCUT2D eigenvalue weighted by Gasteiger charge is -2.12. The number of hydrogen-bond acceptors (Lipinski definition) is 3. The first kappa shape index (κ1) is 24.4. The topological polar surface area (TPSA) is 87.3 Å². The van der Waals surface area contributed by atoms with Gasteiger partial charge in [-0.1, -0.05) is 72.3 Å². The Morgan fingerprint density at radius 1 is 0.639 bits per heavy atom. The average Bonchev–Trinajstić information content (AvgIpc) is 2.89. The third kappa shape index (κ3) is 6.67. The lowest BCUT2D eigenvalue weighted by atomic mass is 10.1. The summed E-state index contributed by atoms with van der Waals surface area (Å²) in [6.07, 6.45) is 0.270. The van der Waals surface area contributed by atoms with Crippen LogP contribution in [0.15, 0.2) is 103 Å². The lowest BCUT2D eigenvalue weighted by molar-refractivity contribution is -0.115. The second kappa shape index (κ2) is 11.6. The van der Waals surface area contributed by atoms with Crippen molar-refractivity contribution in [3.63, 3.8) is 0 Å². The minimum Gasteiger partial charge on any atom is -0.348 e. The first-order chi connectivity index (χ1) is 17.5. The highest BCUT2D eigenvalue weighted by Gasteiger charge is 2.14. The molecule has 0 aliphatic carbocycles. The van der Waals surface area contributed by atoms with Crippen molar-refractivity contribution in [2.75, 3.05) is 10.6 Å². The normalized spacial score (nSPS) is 10.4. The lowest BCUT2D eigenvalue weighted by Crippen LogP contribution is -2.24. The molecule has 0 unspecified atom stereocenters. The second-order valence-corrected chi connectivity index (χ2v) is 8.46. The van der Waals surface area contributed by atoms with E-state index in [0.717, 1.165) is 16.7 Å². The van der Waals surface area contributed by atoms with E-state index in [4.69, 9.17) is 0 Å².